The van der Waals surface area contributed by atoms with Gasteiger partial charge in [-0.05, 0) is 0 Å². The molecule has 0 unspecified atom stereocenters. The number of aromatic hydroxyl groups is 26. The third-order valence-electron chi connectivity index (χ3n) is 18.1. The summed E-state index contributed by atoms with van der Waals surface area (Å²) in [4.78, 5) is 0. The fraction of sp³-hybridized carbons (Fsp3) is 0. The highest BCUT2D eigenvalue weighted by molar-refractivity contribution is 6.13. The quantitative estimate of drug-likeness (QED) is 0.0572. The first-order valence-corrected chi connectivity index (χ1v) is 35.0. The molecule has 124 heavy (non-hydrogen) atoms. The summed E-state index contributed by atoms with van der Waals surface area (Å²) in [5.74, 6) is -21.4. The van der Waals surface area contributed by atoms with Crippen LogP contribution < -0.4 is 61.6 Å². The summed E-state index contributed by atoms with van der Waals surface area (Å²) in [6.07, 6.45) is 0. The van der Waals surface area contributed by atoms with E-state index in [1.807, 2.05) is 0 Å². The molecule has 15 aromatic rings. The first-order valence-electron chi connectivity index (χ1n) is 35.0. The molecule has 0 fully saturated rings. The van der Waals surface area contributed by atoms with Crippen LogP contribution in [0.2, 0.25) is 0 Å². The molecule has 628 valence electrons. The average molecular weight is 1700 g/mol. The van der Waals surface area contributed by atoms with Crippen LogP contribution in [0.15, 0.2) is 162 Å². The molecule has 0 saturated carbocycles. The Labute approximate surface area is 685 Å². The fourth-order valence-corrected chi connectivity index (χ4v) is 13.2. The van der Waals surface area contributed by atoms with Gasteiger partial charge in [-0.25, -0.2) is 0 Å². The van der Waals surface area contributed by atoms with E-state index in [-0.39, 0.29) is 160 Å². The topological polar surface area (TPSA) is 659 Å². The van der Waals surface area contributed by atoms with Gasteiger partial charge in [-0.1, -0.05) is 0 Å². The highest BCUT2D eigenvalue weighted by Gasteiger charge is 2.41. The summed E-state index contributed by atoms with van der Waals surface area (Å²) in [5, 5.41) is 268. The number of phenols is 26. The monoisotopic (exact) mass is 1700 g/mol. The molecule has 4 aliphatic heterocycles. The van der Waals surface area contributed by atoms with Crippen molar-refractivity contribution in [2.75, 3.05) is 0 Å². The van der Waals surface area contributed by atoms with Gasteiger partial charge in [-0.3, -0.25) is 0 Å². The molecular formula is C84H52O40. The summed E-state index contributed by atoms with van der Waals surface area (Å²) >= 11 is 0. The lowest BCUT2D eigenvalue weighted by atomic mass is 9.98. The summed E-state index contributed by atoms with van der Waals surface area (Å²) < 4.78 is 79.7. The van der Waals surface area contributed by atoms with E-state index in [0.717, 1.165) is 121 Å². The minimum Gasteiger partial charge on any atom is -0.508 e. The van der Waals surface area contributed by atoms with Crippen LogP contribution in [-0.2, 0) is 0 Å². The van der Waals surface area contributed by atoms with Gasteiger partial charge in [0.1, 0.15) is 126 Å². The van der Waals surface area contributed by atoms with Gasteiger partial charge in [-0.2, -0.15) is 0 Å². The van der Waals surface area contributed by atoms with E-state index in [4.69, 9.17) is 66.0 Å². The Bertz CT molecular complexity index is 6800. The smallest absolute Gasteiger partial charge is 0.220 e. The molecule has 0 atom stereocenters. The van der Waals surface area contributed by atoms with Crippen LogP contribution in [0.25, 0.3) is 33.1 Å². The van der Waals surface area contributed by atoms with Gasteiger partial charge in [0.05, 0.1) is 21.9 Å². The van der Waals surface area contributed by atoms with Crippen molar-refractivity contribution in [3.05, 3.63) is 158 Å². The lowest BCUT2D eigenvalue weighted by Gasteiger charge is -2.27. The van der Waals surface area contributed by atoms with Crippen LogP contribution in [0.5, 0.6) is 299 Å². The van der Waals surface area contributed by atoms with Gasteiger partial charge < -0.3 is 199 Å². The second-order valence-electron chi connectivity index (χ2n) is 26.9. The molecule has 0 amide bonds. The van der Waals surface area contributed by atoms with Crippen molar-refractivity contribution in [2.45, 2.75) is 0 Å². The Morgan fingerprint density at radius 1 is 0.161 bits per heavy atom. The van der Waals surface area contributed by atoms with Crippen LogP contribution in [0.3, 0.4) is 0 Å². The van der Waals surface area contributed by atoms with Gasteiger partial charge in [-0.15, -0.1) is 0 Å². The maximum Gasteiger partial charge on any atom is 0.220 e. The van der Waals surface area contributed by atoms with Crippen LogP contribution >= 0.6 is 0 Å². The second-order valence-corrected chi connectivity index (χ2v) is 26.9. The van der Waals surface area contributed by atoms with Gasteiger partial charge in [0.25, 0.3) is 0 Å². The molecule has 40 nitrogen and oxygen atoms in total. The normalized spacial score (nSPS) is 11.9. The summed E-state index contributed by atoms with van der Waals surface area (Å²) in [6, 6.07) is 28.0. The number of hydrogen-bond acceptors (Lipinski definition) is 40. The Hall–Kier alpha value is -18.9. The van der Waals surface area contributed by atoms with E-state index in [1.54, 1.807) is 0 Å². The summed E-state index contributed by atoms with van der Waals surface area (Å²) in [6.45, 7) is 0. The van der Waals surface area contributed by atoms with Gasteiger partial charge >= 0.3 is 0 Å². The molecule has 0 spiro atoms. The molecule has 0 bridgehead atoms. The molecule has 1 aromatic heterocycles. The largest absolute Gasteiger partial charge is 0.508 e. The lowest BCUT2D eigenvalue weighted by Crippen LogP contribution is -2.04. The van der Waals surface area contributed by atoms with Crippen molar-refractivity contribution >= 4 is 21.9 Å². The van der Waals surface area contributed by atoms with Gasteiger partial charge in [0, 0.05) is 158 Å². The zero-order chi connectivity index (χ0) is 87.8. The second kappa shape index (κ2) is 29.1. The molecular weight excluding hydrogens is 1650 g/mol. The van der Waals surface area contributed by atoms with Gasteiger partial charge in [0.15, 0.2) is 92.0 Å². The molecule has 0 saturated heterocycles. The van der Waals surface area contributed by atoms with Crippen LogP contribution in [0.4, 0.5) is 0 Å². The maximum atomic E-state index is 11.5. The summed E-state index contributed by atoms with van der Waals surface area (Å²) in [5.41, 5.74) is -1.16. The number of rotatable bonds is 11. The number of furan rings is 1. The van der Waals surface area contributed by atoms with Crippen molar-refractivity contribution in [3.63, 3.8) is 0 Å². The molecule has 4 aliphatic rings. The predicted molar refractivity (Wildman–Crippen MR) is 414 cm³/mol. The highest BCUT2D eigenvalue weighted by Crippen LogP contribution is 2.69. The predicted octanol–water partition coefficient (Wildman–Crippen LogP) is 17.5. The zero-order valence-corrected chi connectivity index (χ0v) is 61.4. The lowest BCUT2D eigenvalue weighted by molar-refractivity contribution is 0.297. The molecule has 19 rings (SSSR count). The minimum atomic E-state index is -0.981. The Kier molecular flexibility index (Phi) is 18.2. The van der Waals surface area contributed by atoms with Crippen molar-refractivity contribution in [3.8, 4) is 310 Å². The number of benzene rings is 14. The van der Waals surface area contributed by atoms with E-state index >= 15 is 0 Å². The SMILES string of the molecule is Oc1cc(O)cc(Oc2c(O)cc(O)c3c2Oc2c(O)cc4oc5cc(O)cc(O)c5c4c2O3)c1.Oc1cc(O)cc(Oc2c(O)cc(O)c3c2Oc2c(cc(O)c(-c4c(O)cc5c(c4O)Oc4c(Oc6cc(O)cc(O)c6)c(O)cc(O)c4O5)c2O)O3)c1.Oc1cc(O)cc(Oc2cc(O)c3c(c2)Oc2c(O)cc(O)c(Oc4cc(O)cc(O)c4)c2O3)c1. The fourth-order valence-electron chi connectivity index (χ4n) is 13.2. The third kappa shape index (κ3) is 14.0. The van der Waals surface area contributed by atoms with Gasteiger partial charge in [0.2, 0.25) is 92.0 Å². The number of hydrogen-bond donors (Lipinski definition) is 26. The number of fused-ring (bicyclic) bond motifs is 12. The maximum absolute atomic E-state index is 11.5. The minimum absolute atomic E-state index is 0.0447. The molecule has 14 aromatic carbocycles. The van der Waals surface area contributed by atoms with E-state index < -0.39 is 172 Å². The van der Waals surface area contributed by atoms with E-state index in [1.165, 1.54) is 36.4 Å². The Morgan fingerprint density at radius 2 is 0.419 bits per heavy atom. The number of ether oxygens (including phenoxy) is 13. The van der Waals surface area contributed by atoms with E-state index in [2.05, 4.69) is 0 Å². The van der Waals surface area contributed by atoms with Crippen molar-refractivity contribution in [1.29, 1.82) is 0 Å². The Morgan fingerprint density at radius 3 is 0.774 bits per heavy atom. The number of phenolic OH excluding ortho intramolecular Hbond substituents is 26. The first-order chi connectivity index (χ1) is 59.0. The molecule has 0 aliphatic carbocycles. The Balaban J connectivity index is 0.000000137. The zero-order valence-electron chi connectivity index (χ0n) is 61.4. The van der Waals surface area contributed by atoms with Crippen LogP contribution in [0.1, 0.15) is 0 Å². The van der Waals surface area contributed by atoms with Crippen molar-refractivity contribution < 1.29 is 199 Å². The molecule has 26 N–H and O–H groups in total. The van der Waals surface area contributed by atoms with Crippen molar-refractivity contribution in [2.24, 2.45) is 0 Å². The molecule has 40 heteroatoms. The third-order valence-corrected chi connectivity index (χ3v) is 18.1. The summed E-state index contributed by atoms with van der Waals surface area (Å²) in [7, 11) is 0. The molecule has 5 heterocycles. The van der Waals surface area contributed by atoms with Crippen LogP contribution in [0, 0.1) is 0 Å². The van der Waals surface area contributed by atoms with Crippen molar-refractivity contribution in [1.82, 2.24) is 0 Å². The van der Waals surface area contributed by atoms with E-state index in [9.17, 15) is 133 Å². The van der Waals surface area contributed by atoms with E-state index in [0.29, 0.717) is 0 Å². The average Bonchev–Trinajstić information content (AvgIpc) is 1.29. The standard InChI is InChI=1S/C36H22O18.C24H14O11.C24H16O11/c37-11-1-12(38)4-15(3-11)49-29-19(43)7-21(45)31-35(29)53-33-23(51-31)9-17(41)25(27(33)47)26-18(42)10-24-34(28(26)48)54-36-30(20(44)8-22(46)32(36)52-24)50-16-5-13(39)2-14(40)6-16;25-8-1-9(26)3-11(2-8)32-21-13(29)6-14(30)22-24(21)35-20-15(31)7-17-19(23(20)34-22)18-12(28)4-10(27)5-16(18)33-17;25-10-1-11(26)4-14(3-10)32-16-7-17(29)21-20(8-16)34-23-19(31)9-18(30)22(24(23)35-21)33-15-5-12(27)2-13(28)6-15/h1-10,37-48H;1-7,25-31H;1-9,25-31H. The molecule has 0 radical (unpaired) electrons. The van der Waals surface area contributed by atoms with Crippen LogP contribution in [-0.4, -0.2) is 133 Å². The highest BCUT2D eigenvalue weighted by atomic mass is 16.6. The first kappa shape index (κ1) is 77.6.